The van der Waals surface area contributed by atoms with Gasteiger partial charge in [0.25, 0.3) is 0 Å². The first-order chi connectivity index (χ1) is 14.4. The summed E-state index contributed by atoms with van der Waals surface area (Å²) in [6.45, 7) is 0. The van der Waals surface area contributed by atoms with Crippen molar-refractivity contribution in [3.8, 4) is 0 Å². The van der Waals surface area contributed by atoms with Crippen LogP contribution in [0.2, 0.25) is 0 Å². The molecule has 0 aromatic heterocycles. The van der Waals surface area contributed by atoms with Crippen LogP contribution in [0.5, 0.6) is 0 Å². The first-order valence-corrected chi connectivity index (χ1v) is 10.5. The Balaban J connectivity index is 0.000000442. The molecule has 0 saturated carbocycles. The minimum absolute atomic E-state index is 0.143. The zero-order valence-electron chi connectivity index (χ0n) is 16.2. The quantitative estimate of drug-likeness (QED) is 0.257. The van der Waals surface area contributed by atoms with Crippen molar-refractivity contribution in [2.75, 3.05) is 5.75 Å². The van der Waals surface area contributed by atoms with E-state index < -0.39 is 37.5 Å². The van der Waals surface area contributed by atoms with Crippen LogP contribution in [0.1, 0.15) is 35.2 Å². The Hall–Kier alpha value is -1.94. The van der Waals surface area contributed by atoms with E-state index in [1.165, 1.54) is 0 Å². The molecule has 0 bridgehead atoms. The maximum absolute atomic E-state index is 13.4. The number of thiol groups is 1. The number of rotatable bonds is 8. The Morgan fingerprint density at radius 3 is 1.81 bits per heavy atom. The molecule has 0 aliphatic rings. The molecule has 1 unspecified atom stereocenters. The summed E-state index contributed by atoms with van der Waals surface area (Å²) >= 11 is 4.42. The first-order valence-electron chi connectivity index (χ1n) is 9.03. The Labute approximate surface area is 185 Å². The van der Waals surface area contributed by atoms with Gasteiger partial charge in [-0.2, -0.15) is 13.2 Å². The summed E-state index contributed by atoms with van der Waals surface area (Å²) in [5, 5.41) is -0.328. The number of hydrogen-bond acceptors (Lipinski definition) is 2. The molecule has 0 aliphatic heterocycles. The van der Waals surface area contributed by atoms with Gasteiger partial charge in [-0.1, -0.05) is 48.5 Å². The number of halogens is 6. The molecule has 0 fully saturated rings. The first kappa shape index (κ1) is 27.1. The van der Waals surface area contributed by atoms with Crippen molar-refractivity contribution in [1.29, 1.82) is 0 Å². The number of carbonyl (C=O) groups is 1. The van der Waals surface area contributed by atoms with Crippen LogP contribution in [0.3, 0.4) is 0 Å². The lowest BCUT2D eigenvalue weighted by Crippen LogP contribution is -2.27. The maximum Gasteiger partial charge on any atom is 0.419 e. The van der Waals surface area contributed by atoms with Gasteiger partial charge in [0.1, 0.15) is 0 Å². The Bertz CT molecular complexity index is 814. The number of thioether (sulfide) groups is 1. The number of carbonyl (C=O) groups excluding carboxylic acids is 2. The number of hydrogen-bond donors (Lipinski definition) is 1. The smallest absolute Gasteiger partial charge is 0.282 e. The summed E-state index contributed by atoms with van der Waals surface area (Å²) < 4.78 is 75.1. The van der Waals surface area contributed by atoms with Gasteiger partial charge in [0.05, 0.1) is 5.56 Å². The predicted octanol–water partition coefficient (Wildman–Crippen LogP) is 6.73. The third-order valence-corrected chi connectivity index (χ3v) is 5.04. The highest BCUT2D eigenvalue weighted by Gasteiger charge is 2.42. The van der Waals surface area contributed by atoms with Gasteiger partial charge in [-0.05, 0) is 30.3 Å². The third kappa shape index (κ3) is 11.3. The second-order valence-corrected chi connectivity index (χ2v) is 7.83. The average molecular weight is 484 g/mol. The zero-order chi connectivity index (χ0) is 23.5. The molecular weight excluding hydrogens is 462 g/mol. The Morgan fingerprint density at radius 2 is 1.39 bits per heavy atom. The largest absolute Gasteiger partial charge is 0.419 e. The van der Waals surface area contributed by atoms with Crippen LogP contribution in [0.4, 0.5) is 26.3 Å². The molecule has 0 heterocycles. The minimum Gasteiger partial charge on any atom is -0.282 e. The van der Waals surface area contributed by atoms with Gasteiger partial charge in [-0.3, -0.25) is 9.59 Å². The highest BCUT2D eigenvalue weighted by molar-refractivity contribution is 8.14. The minimum atomic E-state index is -5.11. The van der Waals surface area contributed by atoms with Crippen molar-refractivity contribution in [3.63, 3.8) is 0 Å². The van der Waals surface area contributed by atoms with Crippen molar-refractivity contribution < 1.29 is 35.9 Å². The van der Waals surface area contributed by atoms with Crippen LogP contribution in [0, 0.1) is 0 Å². The van der Waals surface area contributed by atoms with E-state index in [0.29, 0.717) is 11.1 Å². The van der Waals surface area contributed by atoms with Gasteiger partial charge in [0, 0.05) is 24.2 Å². The molecule has 1 atom stereocenters. The van der Waals surface area contributed by atoms with Crippen LogP contribution in [-0.2, 0) is 0 Å². The molecule has 2 aromatic rings. The second-order valence-electron chi connectivity index (χ2n) is 6.34. The molecule has 2 aromatic carbocycles. The number of alkyl halides is 6. The van der Waals surface area contributed by atoms with Gasteiger partial charge >= 0.3 is 11.3 Å². The molecule has 1 N–H and O–H groups in total. The van der Waals surface area contributed by atoms with Crippen molar-refractivity contribution in [1.82, 2.24) is 0 Å². The van der Waals surface area contributed by atoms with E-state index in [1.807, 2.05) is 18.2 Å². The zero-order valence-corrected chi connectivity index (χ0v) is 17.9. The fourth-order valence-electron chi connectivity index (χ4n) is 2.17. The highest BCUT2D eigenvalue weighted by Crippen LogP contribution is 2.32. The van der Waals surface area contributed by atoms with Crippen molar-refractivity contribution >= 4 is 34.6 Å². The molecule has 31 heavy (non-hydrogen) atoms. The van der Waals surface area contributed by atoms with Crippen LogP contribution < -0.4 is 0 Å². The third-order valence-electron chi connectivity index (χ3n) is 3.87. The SMILES string of the molecule is O=C(S)c1ccccc1.[OH+]=C(SCCC(F)(F)CCC(F)C(F)(F)F)c1ccccc1. The van der Waals surface area contributed by atoms with Crippen LogP contribution >= 0.6 is 24.4 Å². The highest BCUT2D eigenvalue weighted by atomic mass is 32.2. The summed E-state index contributed by atoms with van der Waals surface area (Å²) in [6.07, 6.45) is -11.5. The van der Waals surface area contributed by atoms with E-state index in [1.54, 1.807) is 42.5 Å². The number of benzene rings is 2. The fraction of sp³-hybridized carbons (Fsp3) is 0.333. The molecule has 0 spiro atoms. The van der Waals surface area contributed by atoms with Crippen molar-refractivity contribution in [3.05, 3.63) is 71.8 Å². The van der Waals surface area contributed by atoms with E-state index in [0.717, 1.165) is 11.8 Å². The van der Waals surface area contributed by atoms with Gasteiger partial charge in [0.2, 0.25) is 11.0 Å². The molecule has 10 heteroatoms. The summed E-state index contributed by atoms with van der Waals surface area (Å²) in [4.78, 5) is 20.2. The lowest BCUT2D eigenvalue weighted by atomic mass is 10.1. The van der Waals surface area contributed by atoms with Gasteiger partial charge in [0.15, 0.2) is 6.17 Å². The van der Waals surface area contributed by atoms with E-state index >= 15 is 0 Å². The second kappa shape index (κ2) is 12.8. The molecule has 0 radical (unpaired) electrons. The van der Waals surface area contributed by atoms with E-state index in [2.05, 4.69) is 12.6 Å². The van der Waals surface area contributed by atoms with Crippen LogP contribution in [0.25, 0.3) is 0 Å². The monoisotopic (exact) mass is 483 g/mol. The van der Waals surface area contributed by atoms with Crippen molar-refractivity contribution in [2.24, 2.45) is 0 Å². The lowest BCUT2D eigenvalue weighted by molar-refractivity contribution is -0.185. The van der Waals surface area contributed by atoms with Crippen LogP contribution in [-0.4, -0.2) is 39.0 Å². The Morgan fingerprint density at radius 1 is 0.903 bits per heavy atom. The van der Waals surface area contributed by atoms with E-state index in [4.69, 9.17) is 0 Å². The van der Waals surface area contributed by atoms with E-state index in [9.17, 15) is 35.9 Å². The summed E-state index contributed by atoms with van der Waals surface area (Å²) in [6, 6.07) is 17.2. The summed E-state index contributed by atoms with van der Waals surface area (Å²) in [7, 11) is 0. The van der Waals surface area contributed by atoms with Gasteiger partial charge in [-0.15, -0.1) is 12.6 Å². The van der Waals surface area contributed by atoms with Crippen molar-refractivity contribution in [2.45, 2.75) is 37.5 Å². The molecule has 0 amide bonds. The molecule has 0 aliphatic carbocycles. The molecule has 170 valence electrons. The lowest BCUT2D eigenvalue weighted by Gasteiger charge is -2.18. The Kier molecular flexibility index (Phi) is 11.2. The normalized spacial score (nSPS) is 12.5. The standard InChI is InChI=1S/C14H14F6OS.C7H6OS/c15-11(14(18,19)20)6-7-13(16,17)8-9-22-12(21)10-4-2-1-3-5-10;8-7(9)6-4-2-1-3-5-6/h1-5,11H,6-9H2;1-5H,(H,8,9)/p+1. The maximum atomic E-state index is 13.4. The topological polar surface area (TPSA) is 38.5 Å². The molecular formula is C21H21F6O2S2+. The van der Waals surface area contributed by atoms with Gasteiger partial charge in [-0.25, -0.2) is 13.2 Å². The van der Waals surface area contributed by atoms with Gasteiger partial charge < -0.3 is 0 Å². The molecule has 2 nitrogen and oxygen atoms in total. The van der Waals surface area contributed by atoms with Crippen LogP contribution in [0.15, 0.2) is 60.7 Å². The molecule has 2 rings (SSSR count). The molecule has 0 saturated heterocycles. The average Bonchev–Trinajstić information content (AvgIpc) is 2.73. The fourth-order valence-corrected chi connectivity index (χ4v) is 3.21. The van der Waals surface area contributed by atoms with E-state index in [-0.39, 0.29) is 16.0 Å². The summed E-state index contributed by atoms with van der Waals surface area (Å²) in [5.74, 6) is -3.59. The predicted molar refractivity (Wildman–Crippen MR) is 114 cm³/mol. The summed E-state index contributed by atoms with van der Waals surface area (Å²) in [5.41, 5.74) is 1.11.